The number of anilines is 1. The van der Waals surface area contributed by atoms with E-state index in [9.17, 15) is 9.59 Å². The Balaban J connectivity index is 1.89. The molecule has 1 saturated heterocycles. The number of carbonyl (C=O) groups excluding carboxylic acids is 2. The fourth-order valence-corrected chi connectivity index (χ4v) is 2.70. The largest absolute Gasteiger partial charge is 0.481 e. The van der Waals surface area contributed by atoms with Gasteiger partial charge in [0.2, 0.25) is 0 Å². The molecule has 5 nitrogen and oxygen atoms in total. The monoisotopic (exact) mass is 362 g/mol. The summed E-state index contributed by atoms with van der Waals surface area (Å²) in [5, 5.41) is 2.61. The summed E-state index contributed by atoms with van der Waals surface area (Å²) in [4.78, 5) is 26.4. The third-order valence-electron chi connectivity index (χ3n) is 3.63. The first-order valence-corrected chi connectivity index (χ1v) is 8.14. The average Bonchev–Trinajstić information content (AvgIpc) is 2.65. The molecule has 0 unspecified atom stereocenters. The highest BCUT2D eigenvalue weighted by molar-refractivity contribution is 7.80. The molecule has 2 aromatic rings. The molecule has 0 spiro atoms. The van der Waals surface area contributed by atoms with Crippen LogP contribution in [0, 0.1) is 12.3 Å². The summed E-state index contributed by atoms with van der Waals surface area (Å²) in [6.07, 6.45) is 6.67. The standard InChI is InChI=1S/C20H14N2O3S/c1-2-12-25-16-10-8-14(9-11-16)13-17-18(23)21-20(26)22(19(17)24)15-6-4-3-5-7-15/h1,3-11,13H,12H2,(H,21,23,26)/b17-13+. The van der Waals surface area contributed by atoms with Gasteiger partial charge in [0.25, 0.3) is 11.8 Å². The molecule has 0 bridgehead atoms. The highest BCUT2D eigenvalue weighted by Crippen LogP contribution is 2.22. The predicted molar refractivity (Wildman–Crippen MR) is 103 cm³/mol. The van der Waals surface area contributed by atoms with Gasteiger partial charge < -0.3 is 4.74 Å². The van der Waals surface area contributed by atoms with Crippen molar-refractivity contribution in [3.05, 3.63) is 65.7 Å². The smallest absolute Gasteiger partial charge is 0.270 e. The fraction of sp³-hybridized carbons (Fsp3) is 0.0500. The van der Waals surface area contributed by atoms with Crippen molar-refractivity contribution in [3.8, 4) is 18.1 Å². The van der Waals surface area contributed by atoms with E-state index in [2.05, 4.69) is 11.2 Å². The summed E-state index contributed by atoms with van der Waals surface area (Å²) in [6.45, 7) is 0.171. The Kier molecular flexibility index (Phi) is 5.11. The minimum atomic E-state index is -0.528. The molecule has 0 saturated carbocycles. The van der Waals surface area contributed by atoms with E-state index >= 15 is 0 Å². The molecule has 2 aromatic carbocycles. The molecule has 0 aromatic heterocycles. The van der Waals surface area contributed by atoms with E-state index in [-0.39, 0.29) is 17.3 Å². The van der Waals surface area contributed by atoms with Gasteiger partial charge in [0.1, 0.15) is 17.9 Å². The number of benzene rings is 2. The van der Waals surface area contributed by atoms with Crippen LogP contribution in [0.4, 0.5) is 5.69 Å². The minimum absolute atomic E-state index is 0.000235. The zero-order chi connectivity index (χ0) is 18.5. The SMILES string of the molecule is C#CCOc1ccc(/C=C2\C(=O)NC(=S)N(c3ccccc3)C2=O)cc1. The zero-order valence-electron chi connectivity index (χ0n) is 13.6. The Morgan fingerprint density at radius 2 is 1.81 bits per heavy atom. The predicted octanol–water partition coefficient (Wildman–Crippen LogP) is 2.53. The van der Waals surface area contributed by atoms with Crippen LogP contribution in [-0.4, -0.2) is 23.5 Å². The number of amides is 2. The van der Waals surface area contributed by atoms with Crippen LogP contribution in [0.25, 0.3) is 6.08 Å². The van der Waals surface area contributed by atoms with Gasteiger partial charge in [0, 0.05) is 0 Å². The number of carbonyl (C=O) groups is 2. The molecular formula is C20H14N2O3S. The summed E-state index contributed by atoms with van der Waals surface area (Å²) in [7, 11) is 0. The zero-order valence-corrected chi connectivity index (χ0v) is 14.5. The second-order valence-electron chi connectivity index (χ2n) is 5.36. The number of nitrogens with one attached hydrogen (secondary N) is 1. The average molecular weight is 362 g/mol. The molecule has 0 radical (unpaired) electrons. The van der Waals surface area contributed by atoms with Crippen LogP contribution in [0.2, 0.25) is 0 Å². The van der Waals surface area contributed by atoms with E-state index in [4.69, 9.17) is 23.4 Å². The van der Waals surface area contributed by atoms with E-state index in [0.717, 1.165) is 0 Å². The number of ether oxygens (including phenoxy) is 1. The number of nitrogens with zero attached hydrogens (tertiary/aromatic N) is 1. The van der Waals surface area contributed by atoms with Crippen molar-refractivity contribution in [1.82, 2.24) is 5.32 Å². The topological polar surface area (TPSA) is 58.6 Å². The van der Waals surface area contributed by atoms with E-state index < -0.39 is 11.8 Å². The maximum atomic E-state index is 12.8. The molecule has 0 atom stereocenters. The Bertz CT molecular complexity index is 928. The number of terminal acetylenes is 1. The van der Waals surface area contributed by atoms with Gasteiger partial charge in [-0.15, -0.1) is 6.42 Å². The van der Waals surface area contributed by atoms with Gasteiger partial charge in [-0.3, -0.25) is 19.8 Å². The van der Waals surface area contributed by atoms with Crippen LogP contribution in [0.3, 0.4) is 0 Å². The maximum Gasteiger partial charge on any atom is 0.270 e. The van der Waals surface area contributed by atoms with E-state index in [0.29, 0.717) is 17.0 Å². The molecule has 1 N–H and O–H groups in total. The highest BCUT2D eigenvalue weighted by atomic mass is 32.1. The third-order valence-corrected chi connectivity index (χ3v) is 3.91. The normalized spacial score (nSPS) is 15.6. The Hall–Kier alpha value is -3.43. The first-order valence-electron chi connectivity index (χ1n) is 7.73. The highest BCUT2D eigenvalue weighted by Gasteiger charge is 2.34. The maximum absolute atomic E-state index is 12.8. The van der Waals surface area contributed by atoms with Gasteiger partial charge in [-0.2, -0.15) is 0 Å². The lowest BCUT2D eigenvalue weighted by atomic mass is 10.1. The molecule has 26 heavy (non-hydrogen) atoms. The van der Waals surface area contributed by atoms with Crippen molar-refractivity contribution in [2.75, 3.05) is 11.5 Å². The summed E-state index contributed by atoms with van der Waals surface area (Å²) < 4.78 is 5.30. The van der Waals surface area contributed by atoms with E-state index in [1.807, 2.05) is 6.07 Å². The van der Waals surface area contributed by atoms with Crippen LogP contribution in [-0.2, 0) is 9.59 Å². The van der Waals surface area contributed by atoms with Crippen LogP contribution in [0.15, 0.2) is 60.2 Å². The molecule has 2 amide bonds. The van der Waals surface area contributed by atoms with Crippen LogP contribution in [0.5, 0.6) is 5.75 Å². The third kappa shape index (κ3) is 3.63. The summed E-state index contributed by atoms with van der Waals surface area (Å²) >= 11 is 5.15. The number of thiocarbonyl (C=S) groups is 1. The first-order chi connectivity index (χ1) is 12.6. The van der Waals surface area contributed by atoms with Gasteiger partial charge in [-0.1, -0.05) is 36.3 Å². The Labute approximate surface area is 156 Å². The second kappa shape index (κ2) is 7.64. The van der Waals surface area contributed by atoms with Gasteiger partial charge in [-0.05, 0) is 48.1 Å². The van der Waals surface area contributed by atoms with Crippen LogP contribution < -0.4 is 15.0 Å². The number of hydrogen-bond donors (Lipinski definition) is 1. The second-order valence-corrected chi connectivity index (χ2v) is 5.74. The molecule has 6 heteroatoms. The summed E-state index contributed by atoms with van der Waals surface area (Å²) in [5.74, 6) is 1.99. The Morgan fingerprint density at radius 1 is 1.12 bits per heavy atom. The van der Waals surface area contributed by atoms with Crippen molar-refractivity contribution >= 4 is 40.9 Å². The molecule has 1 aliphatic heterocycles. The summed E-state index contributed by atoms with van der Waals surface area (Å²) in [5.41, 5.74) is 1.27. The van der Waals surface area contributed by atoms with Gasteiger partial charge in [0.15, 0.2) is 5.11 Å². The molecule has 3 rings (SSSR count). The molecule has 0 aliphatic carbocycles. The minimum Gasteiger partial charge on any atom is -0.481 e. The Morgan fingerprint density at radius 3 is 2.46 bits per heavy atom. The van der Waals surface area contributed by atoms with Crippen molar-refractivity contribution in [2.24, 2.45) is 0 Å². The lowest BCUT2D eigenvalue weighted by Gasteiger charge is -2.28. The number of rotatable bonds is 4. The van der Waals surface area contributed by atoms with Crippen LogP contribution >= 0.6 is 12.2 Å². The van der Waals surface area contributed by atoms with Crippen molar-refractivity contribution in [3.63, 3.8) is 0 Å². The van der Waals surface area contributed by atoms with Gasteiger partial charge >= 0.3 is 0 Å². The van der Waals surface area contributed by atoms with E-state index in [1.54, 1.807) is 48.5 Å². The number of para-hydroxylation sites is 1. The molecule has 1 heterocycles. The van der Waals surface area contributed by atoms with Crippen LogP contribution in [0.1, 0.15) is 5.56 Å². The lowest BCUT2D eigenvalue weighted by Crippen LogP contribution is -2.54. The summed E-state index contributed by atoms with van der Waals surface area (Å²) in [6, 6.07) is 15.8. The fourth-order valence-electron chi connectivity index (χ4n) is 2.42. The molecule has 1 fully saturated rings. The lowest BCUT2D eigenvalue weighted by molar-refractivity contribution is -0.122. The van der Waals surface area contributed by atoms with Gasteiger partial charge in [0.05, 0.1) is 5.69 Å². The van der Waals surface area contributed by atoms with Crippen molar-refractivity contribution in [1.29, 1.82) is 0 Å². The molecule has 1 aliphatic rings. The van der Waals surface area contributed by atoms with E-state index in [1.165, 1.54) is 11.0 Å². The molecule has 128 valence electrons. The van der Waals surface area contributed by atoms with Crippen molar-refractivity contribution in [2.45, 2.75) is 0 Å². The molecular weight excluding hydrogens is 348 g/mol. The van der Waals surface area contributed by atoms with Crippen molar-refractivity contribution < 1.29 is 14.3 Å². The first kappa shape index (κ1) is 17.4. The van der Waals surface area contributed by atoms with Gasteiger partial charge in [-0.25, -0.2) is 0 Å². The quantitative estimate of drug-likeness (QED) is 0.393. The number of hydrogen-bond acceptors (Lipinski definition) is 4.